The van der Waals surface area contributed by atoms with Crippen LogP contribution in [0.15, 0.2) is 40.9 Å². The summed E-state index contributed by atoms with van der Waals surface area (Å²) >= 11 is 9.39. The second-order valence-electron chi connectivity index (χ2n) is 4.41. The number of alkyl halides is 1. The van der Waals surface area contributed by atoms with Gasteiger partial charge in [0.1, 0.15) is 17.7 Å². The zero-order chi connectivity index (χ0) is 15.0. The topological polar surface area (TPSA) is 41.6 Å². The molecule has 0 atom stereocenters. The van der Waals surface area contributed by atoms with E-state index in [2.05, 4.69) is 20.9 Å². The fourth-order valence-electron chi connectivity index (χ4n) is 2.21. The van der Waals surface area contributed by atoms with Crippen molar-refractivity contribution < 1.29 is 4.39 Å². The first-order valence-electron chi connectivity index (χ1n) is 6.07. The van der Waals surface area contributed by atoms with Gasteiger partial charge in [-0.3, -0.25) is 4.57 Å². The van der Waals surface area contributed by atoms with Gasteiger partial charge in [-0.2, -0.15) is 5.26 Å². The summed E-state index contributed by atoms with van der Waals surface area (Å²) in [5.41, 5.74) is 2.28. The van der Waals surface area contributed by atoms with E-state index >= 15 is 0 Å². The van der Waals surface area contributed by atoms with Crippen molar-refractivity contribution in [2.45, 2.75) is 5.88 Å². The molecule has 1 heterocycles. The molecule has 0 aliphatic rings. The van der Waals surface area contributed by atoms with Crippen molar-refractivity contribution in [3.63, 3.8) is 0 Å². The summed E-state index contributed by atoms with van der Waals surface area (Å²) in [6, 6.07) is 11.9. The van der Waals surface area contributed by atoms with Crippen LogP contribution >= 0.6 is 27.5 Å². The lowest BCUT2D eigenvalue weighted by Crippen LogP contribution is -2.00. The normalized spacial score (nSPS) is 10.8. The Morgan fingerprint density at radius 2 is 2.10 bits per heavy atom. The van der Waals surface area contributed by atoms with Crippen LogP contribution < -0.4 is 0 Å². The summed E-state index contributed by atoms with van der Waals surface area (Å²) in [4.78, 5) is 4.46. The maximum Gasteiger partial charge on any atom is 0.141 e. The van der Waals surface area contributed by atoms with Crippen molar-refractivity contribution in [2.24, 2.45) is 0 Å². The second kappa shape index (κ2) is 5.47. The molecule has 0 aliphatic heterocycles. The molecule has 2 aromatic carbocycles. The van der Waals surface area contributed by atoms with E-state index in [0.717, 1.165) is 15.5 Å². The van der Waals surface area contributed by atoms with E-state index in [4.69, 9.17) is 16.9 Å². The highest BCUT2D eigenvalue weighted by atomic mass is 79.9. The molecule has 1 aromatic heterocycles. The molecular weight excluding hydrogens is 357 g/mol. The molecule has 0 unspecified atom stereocenters. The van der Waals surface area contributed by atoms with Crippen LogP contribution in [0.3, 0.4) is 0 Å². The van der Waals surface area contributed by atoms with Gasteiger partial charge in [0.25, 0.3) is 0 Å². The zero-order valence-corrected chi connectivity index (χ0v) is 13.0. The van der Waals surface area contributed by atoms with Gasteiger partial charge in [0.2, 0.25) is 0 Å². The Labute approximate surface area is 133 Å². The number of rotatable bonds is 2. The third-order valence-electron chi connectivity index (χ3n) is 3.13. The zero-order valence-electron chi connectivity index (χ0n) is 10.6. The molecule has 0 saturated heterocycles. The first-order chi connectivity index (χ1) is 10.1. The first kappa shape index (κ1) is 14.1. The number of imidazole rings is 1. The maximum atomic E-state index is 13.5. The molecule has 0 amide bonds. The summed E-state index contributed by atoms with van der Waals surface area (Å²) in [6.45, 7) is 0. The highest BCUT2D eigenvalue weighted by molar-refractivity contribution is 9.10. The van der Waals surface area contributed by atoms with E-state index in [1.165, 1.54) is 12.1 Å². The van der Waals surface area contributed by atoms with Crippen LogP contribution in [0.5, 0.6) is 0 Å². The Balaban J connectivity index is 2.33. The summed E-state index contributed by atoms with van der Waals surface area (Å²) in [5, 5.41) is 8.98. The molecule has 3 rings (SSSR count). The minimum absolute atomic E-state index is 0.00938. The summed E-state index contributed by atoms with van der Waals surface area (Å²) in [5.74, 6) is 0.311. The second-order valence-corrected chi connectivity index (χ2v) is 5.59. The van der Waals surface area contributed by atoms with E-state index in [-0.39, 0.29) is 11.4 Å². The van der Waals surface area contributed by atoms with Crippen molar-refractivity contribution in [1.29, 1.82) is 5.26 Å². The molecule has 3 nitrogen and oxygen atoms in total. The van der Waals surface area contributed by atoms with E-state index < -0.39 is 5.82 Å². The van der Waals surface area contributed by atoms with Crippen molar-refractivity contribution in [2.75, 3.05) is 0 Å². The average molecular weight is 365 g/mol. The van der Waals surface area contributed by atoms with Gasteiger partial charge in [0.15, 0.2) is 0 Å². The molecule has 0 N–H and O–H groups in total. The van der Waals surface area contributed by atoms with Gasteiger partial charge in [-0.15, -0.1) is 11.6 Å². The minimum Gasteiger partial charge on any atom is -0.295 e. The fourth-order valence-corrected chi connectivity index (χ4v) is 2.74. The molecule has 0 bridgehead atoms. The SMILES string of the molecule is N#Cc1cc(-n2c(CCl)nc3ccc(Br)cc32)ccc1F. The molecule has 0 saturated carbocycles. The Kier molecular flexibility index (Phi) is 3.66. The number of hydrogen-bond acceptors (Lipinski definition) is 2. The lowest BCUT2D eigenvalue weighted by atomic mass is 10.2. The Morgan fingerprint density at radius 3 is 2.81 bits per heavy atom. The smallest absolute Gasteiger partial charge is 0.141 e. The highest BCUT2D eigenvalue weighted by Crippen LogP contribution is 2.26. The molecule has 0 radical (unpaired) electrons. The van der Waals surface area contributed by atoms with E-state index in [0.29, 0.717) is 11.5 Å². The standard InChI is InChI=1S/C15H8BrClFN3/c16-10-1-4-13-14(6-10)21(15(7-17)20-13)11-2-3-12(18)9(5-11)8-19/h1-6H,7H2. The van der Waals surface area contributed by atoms with E-state index in [1.54, 1.807) is 6.07 Å². The van der Waals surface area contributed by atoms with Crippen LogP contribution in [0.2, 0.25) is 0 Å². The predicted octanol–water partition coefficient (Wildman–Crippen LogP) is 4.54. The largest absolute Gasteiger partial charge is 0.295 e. The first-order valence-corrected chi connectivity index (χ1v) is 7.39. The Hall–Kier alpha value is -1.90. The van der Waals surface area contributed by atoms with Crippen LogP contribution in [-0.2, 0) is 5.88 Å². The molecule has 0 aliphatic carbocycles. The van der Waals surface area contributed by atoms with Gasteiger partial charge in [-0.05, 0) is 36.4 Å². The van der Waals surface area contributed by atoms with E-state index in [1.807, 2.05) is 28.8 Å². The number of aromatic nitrogens is 2. The number of hydrogen-bond donors (Lipinski definition) is 0. The number of nitrogens with zero attached hydrogens (tertiary/aromatic N) is 3. The van der Waals surface area contributed by atoms with Crippen molar-refractivity contribution >= 4 is 38.6 Å². The van der Waals surface area contributed by atoms with E-state index in [9.17, 15) is 4.39 Å². The lowest BCUT2D eigenvalue weighted by molar-refractivity contribution is 0.623. The molecule has 0 spiro atoms. The number of halogens is 3. The molecule has 6 heteroatoms. The lowest BCUT2D eigenvalue weighted by Gasteiger charge is -2.08. The van der Waals surface area contributed by atoms with Crippen LogP contribution in [0.1, 0.15) is 11.4 Å². The number of benzene rings is 2. The van der Waals surface area contributed by atoms with Crippen LogP contribution in [0.4, 0.5) is 4.39 Å². The summed E-state index contributed by atoms with van der Waals surface area (Å²) in [7, 11) is 0. The van der Waals surface area contributed by atoms with Crippen molar-refractivity contribution in [1.82, 2.24) is 9.55 Å². The molecule has 3 aromatic rings. The van der Waals surface area contributed by atoms with Crippen molar-refractivity contribution in [3.8, 4) is 11.8 Å². The van der Waals surface area contributed by atoms with Crippen LogP contribution in [0, 0.1) is 17.1 Å². The van der Waals surface area contributed by atoms with Gasteiger partial charge in [0.05, 0.1) is 22.5 Å². The molecule has 0 fully saturated rings. The number of nitriles is 1. The average Bonchev–Trinajstić information content (AvgIpc) is 2.85. The highest BCUT2D eigenvalue weighted by Gasteiger charge is 2.13. The predicted molar refractivity (Wildman–Crippen MR) is 83.0 cm³/mol. The maximum absolute atomic E-state index is 13.5. The van der Waals surface area contributed by atoms with Crippen molar-refractivity contribution in [3.05, 3.63) is 58.1 Å². The Morgan fingerprint density at radius 1 is 1.29 bits per heavy atom. The quantitative estimate of drug-likeness (QED) is 0.627. The minimum atomic E-state index is -0.542. The van der Waals surface area contributed by atoms with Gasteiger partial charge in [-0.25, -0.2) is 9.37 Å². The number of fused-ring (bicyclic) bond motifs is 1. The van der Waals surface area contributed by atoms with Gasteiger partial charge < -0.3 is 0 Å². The van der Waals surface area contributed by atoms with Crippen LogP contribution in [-0.4, -0.2) is 9.55 Å². The molecular formula is C15H8BrClFN3. The molecule has 21 heavy (non-hydrogen) atoms. The third kappa shape index (κ3) is 2.41. The summed E-state index contributed by atoms with van der Waals surface area (Å²) in [6.07, 6.45) is 0. The van der Waals surface area contributed by atoms with Crippen LogP contribution in [0.25, 0.3) is 16.7 Å². The summed E-state index contributed by atoms with van der Waals surface area (Å²) < 4.78 is 16.2. The van der Waals surface area contributed by atoms with Gasteiger partial charge in [-0.1, -0.05) is 15.9 Å². The van der Waals surface area contributed by atoms with Gasteiger partial charge >= 0.3 is 0 Å². The monoisotopic (exact) mass is 363 g/mol. The van der Waals surface area contributed by atoms with Gasteiger partial charge in [0, 0.05) is 10.2 Å². The third-order valence-corrected chi connectivity index (χ3v) is 3.87. The molecule has 104 valence electrons. The fraction of sp³-hybridized carbons (Fsp3) is 0.0667. The Bertz CT molecular complexity index is 882.